The molecule has 0 amide bonds. The Balaban J connectivity index is 3.58. The van der Waals surface area contributed by atoms with Crippen LogP contribution in [0.15, 0.2) is 0 Å². The molecule has 0 spiro atoms. The molecular weight excluding hydrogens is 174 g/mol. The average molecular weight is 191 g/mol. The van der Waals surface area contributed by atoms with Crippen LogP contribution in [0.4, 0.5) is 0 Å². The number of thioether (sulfide) groups is 1. The molecule has 0 aromatic rings. The maximum atomic E-state index is 10.4. The second-order valence-corrected chi connectivity index (χ2v) is 4.05. The molecule has 0 aromatic carbocycles. The highest BCUT2D eigenvalue weighted by Gasteiger charge is 2.13. The number of carboxylic acids is 1. The van der Waals surface area contributed by atoms with Crippen LogP contribution in [0, 0.1) is 0 Å². The quantitative estimate of drug-likeness (QED) is 0.664. The predicted molar refractivity (Wildman–Crippen MR) is 52.4 cm³/mol. The number of hydrogen-bond acceptors (Lipinski definition) is 3. The van der Waals surface area contributed by atoms with Gasteiger partial charge in [-0.3, -0.25) is 4.79 Å². The van der Waals surface area contributed by atoms with Gasteiger partial charge < -0.3 is 10.8 Å². The highest BCUT2D eigenvalue weighted by molar-refractivity contribution is 7.99. The van der Waals surface area contributed by atoms with Gasteiger partial charge in [-0.05, 0) is 12.8 Å². The lowest BCUT2D eigenvalue weighted by Crippen LogP contribution is -2.33. The molecule has 0 aliphatic heterocycles. The zero-order valence-electron chi connectivity index (χ0n) is 7.62. The highest BCUT2D eigenvalue weighted by Crippen LogP contribution is 2.17. The molecule has 4 heteroatoms. The first-order valence-electron chi connectivity index (χ1n) is 4.21. The first-order valence-corrected chi connectivity index (χ1v) is 5.26. The second-order valence-electron chi connectivity index (χ2n) is 2.72. The van der Waals surface area contributed by atoms with Crippen molar-refractivity contribution >= 4 is 17.7 Å². The number of rotatable bonds is 6. The summed E-state index contributed by atoms with van der Waals surface area (Å²) in [7, 11) is 0. The monoisotopic (exact) mass is 191 g/mol. The SMILES string of the molecule is CCC(CC)SC[C@@H](N)C(=O)O. The van der Waals surface area contributed by atoms with Crippen molar-refractivity contribution in [2.24, 2.45) is 5.73 Å². The lowest BCUT2D eigenvalue weighted by molar-refractivity contribution is -0.137. The molecular formula is C8H17NO2S. The van der Waals surface area contributed by atoms with Crippen molar-refractivity contribution < 1.29 is 9.90 Å². The average Bonchev–Trinajstić information content (AvgIpc) is 2.05. The summed E-state index contributed by atoms with van der Waals surface area (Å²) in [5, 5.41) is 9.05. The lowest BCUT2D eigenvalue weighted by Gasteiger charge is -2.13. The molecule has 0 aliphatic rings. The van der Waals surface area contributed by atoms with Gasteiger partial charge in [0.1, 0.15) is 6.04 Å². The highest BCUT2D eigenvalue weighted by atomic mass is 32.2. The van der Waals surface area contributed by atoms with E-state index in [1.165, 1.54) is 0 Å². The predicted octanol–water partition coefficient (Wildman–Crippen LogP) is 1.32. The summed E-state index contributed by atoms with van der Waals surface area (Å²) >= 11 is 1.65. The molecule has 3 nitrogen and oxygen atoms in total. The molecule has 72 valence electrons. The fraction of sp³-hybridized carbons (Fsp3) is 0.875. The van der Waals surface area contributed by atoms with Crippen LogP contribution in [0.2, 0.25) is 0 Å². The van der Waals surface area contributed by atoms with Gasteiger partial charge in [-0.2, -0.15) is 11.8 Å². The topological polar surface area (TPSA) is 63.3 Å². The van der Waals surface area contributed by atoms with E-state index in [2.05, 4.69) is 13.8 Å². The third-order valence-corrected chi connectivity index (χ3v) is 3.43. The minimum Gasteiger partial charge on any atom is -0.480 e. The number of aliphatic carboxylic acids is 1. The summed E-state index contributed by atoms with van der Waals surface area (Å²) in [6.45, 7) is 4.21. The lowest BCUT2D eigenvalue weighted by atomic mass is 10.3. The number of carbonyl (C=O) groups is 1. The Bertz CT molecular complexity index is 137. The van der Waals surface area contributed by atoms with Crippen molar-refractivity contribution in [1.82, 2.24) is 0 Å². The van der Waals surface area contributed by atoms with Gasteiger partial charge in [0.15, 0.2) is 0 Å². The molecule has 0 rings (SSSR count). The Morgan fingerprint density at radius 3 is 2.33 bits per heavy atom. The molecule has 0 unspecified atom stereocenters. The van der Waals surface area contributed by atoms with E-state index in [4.69, 9.17) is 10.8 Å². The van der Waals surface area contributed by atoms with Gasteiger partial charge in [-0.25, -0.2) is 0 Å². The van der Waals surface area contributed by atoms with Gasteiger partial charge in [0, 0.05) is 11.0 Å². The Morgan fingerprint density at radius 1 is 1.50 bits per heavy atom. The normalized spacial score (nSPS) is 13.3. The maximum absolute atomic E-state index is 10.4. The van der Waals surface area contributed by atoms with Crippen LogP contribution in [0.3, 0.4) is 0 Å². The van der Waals surface area contributed by atoms with E-state index >= 15 is 0 Å². The summed E-state index contributed by atoms with van der Waals surface area (Å²) in [6, 6.07) is -0.712. The fourth-order valence-corrected chi connectivity index (χ4v) is 1.93. The van der Waals surface area contributed by atoms with Gasteiger partial charge in [0.25, 0.3) is 0 Å². The van der Waals surface area contributed by atoms with E-state index in [1.54, 1.807) is 11.8 Å². The smallest absolute Gasteiger partial charge is 0.321 e. The van der Waals surface area contributed by atoms with Crippen LogP contribution in [0.1, 0.15) is 26.7 Å². The molecule has 0 bridgehead atoms. The minimum atomic E-state index is -0.909. The first kappa shape index (κ1) is 11.8. The zero-order chi connectivity index (χ0) is 9.56. The van der Waals surface area contributed by atoms with Crippen molar-refractivity contribution in [3.05, 3.63) is 0 Å². The molecule has 3 N–H and O–H groups in total. The summed E-state index contributed by atoms with van der Waals surface area (Å²) in [5.74, 6) is -0.393. The van der Waals surface area contributed by atoms with Crippen LogP contribution in [-0.2, 0) is 4.79 Å². The third-order valence-electron chi connectivity index (χ3n) is 1.74. The van der Waals surface area contributed by atoms with Crippen molar-refractivity contribution in [3.63, 3.8) is 0 Å². The van der Waals surface area contributed by atoms with E-state index in [9.17, 15) is 4.79 Å². The van der Waals surface area contributed by atoms with Gasteiger partial charge >= 0.3 is 5.97 Å². The molecule has 0 fully saturated rings. The molecule has 0 heterocycles. The van der Waals surface area contributed by atoms with Crippen molar-refractivity contribution in [3.8, 4) is 0 Å². The van der Waals surface area contributed by atoms with Crippen LogP contribution >= 0.6 is 11.8 Å². The summed E-state index contributed by atoms with van der Waals surface area (Å²) in [6.07, 6.45) is 2.15. The molecule has 0 saturated carbocycles. The van der Waals surface area contributed by atoms with E-state index in [1.807, 2.05) is 0 Å². The fourth-order valence-electron chi connectivity index (χ4n) is 0.835. The van der Waals surface area contributed by atoms with Gasteiger partial charge in [-0.1, -0.05) is 13.8 Å². The van der Waals surface area contributed by atoms with Crippen molar-refractivity contribution in [2.75, 3.05) is 5.75 Å². The number of hydrogen-bond donors (Lipinski definition) is 2. The third kappa shape index (κ3) is 4.62. The van der Waals surface area contributed by atoms with Gasteiger partial charge in [0.05, 0.1) is 0 Å². The van der Waals surface area contributed by atoms with E-state index in [0.29, 0.717) is 11.0 Å². The van der Waals surface area contributed by atoms with Crippen LogP contribution < -0.4 is 5.73 Å². The molecule has 0 aromatic heterocycles. The van der Waals surface area contributed by atoms with Crippen LogP contribution in [0.25, 0.3) is 0 Å². The minimum absolute atomic E-state index is 0.516. The van der Waals surface area contributed by atoms with Crippen molar-refractivity contribution in [2.45, 2.75) is 38.0 Å². The Kier molecular flexibility index (Phi) is 6.20. The van der Waals surface area contributed by atoms with Crippen LogP contribution in [-0.4, -0.2) is 28.1 Å². The first-order chi connectivity index (χ1) is 5.61. The van der Waals surface area contributed by atoms with E-state index < -0.39 is 12.0 Å². The van der Waals surface area contributed by atoms with Gasteiger partial charge in [-0.15, -0.1) is 0 Å². The van der Waals surface area contributed by atoms with E-state index in [0.717, 1.165) is 12.8 Å². The molecule has 1 atom stereocenters. The number of carboxylic acid groups (broad SMARTS) is 1. The van der Waals surface area contributed by atoms with Crippen molar-refractivity contribution in [1.29, 1.82) is 0 Å². The molecule has 12 heavy (non-hydrogen) atoms. The maximum Gasteiger partial charge on any atom is 0.321 e. The zero-order valence-corrected chi connectivity index (χ0v) is 8.43. The summed E-state index contributed by atoms with van der Waals surface area (Å²) in [5.41, 5.74) is 5.35. The van der Waals surface area contributed by atoms with E-state index in [-0.39, 0.29) is 0 Å². The summed E-state index contributed by atoms with van der Waals surface area (Å²) in [4.78, 5) is 10.4. The molecule has 0 saturated heterocycles. The summed E-state index contributed by atoms with van der Waals surface area (Å²) < 4.78 is 0. The molecule has 0 radical (unpaired) electrons. The standard InChI is InChI=1S/C8H17NO2S/c1-3-6(4-2)12-5-7(9)8(10)11/h6-7H,3-5,9H2,1-2H3,(H,10,11)/t7-/m1/s1. The Hall–Kier alpha value is -0.220. The molecule has 0 aliphatic carbocycles. The largest absolute Gasteiger partial charge is 0.480 e. The van der Waals surface area contributed by atoms with Crippen LogP contribution in [0.5, 0.6) is 0 Å². The Morgan fingerprint density at radius 2 is 2.00 bits per heavy atom. The number of nitrogens with two attached hydrogens (primary N) is 1. The van der Waals surface area contributed by atoms with Gasteiger partial charge in [0.2, 0.25) is 0 Å². The second kappa shape index (κ2) is 6.31. The Labute approximate surface area is 77.7 Å².